The van der Waals surface area contributed by atoms with E-state index in [2.05, 4.69) is 47.3 Å². The fourth-order valence-electron chi connectivity index (χ4n) is 1.70. The zero-order valence-corrected chi connectivity index (χ0v) is 11.9. The van der Waals surface area contributed by atoms with Crippen LogP contribution >= 0.6 is 11.3 Å². The van der Waals surface area contributed by atoms with Crippen LogP contribution < -0.4 is 4.57 Å². The van der Waals surface area contributed by atoms with Crippen molar-refractivity contribution < 1.29 is 4.57 Å². The Bertz CT molecular complexity index is 487. The lowest BCUT2D eigenvalue weighted by molar-refractivity contribution is -0.654. The van der Waals surface area contributed by atoms with Gasteiger partial charge in [-0.3, -0.25) is 0 Å². The lowest BCUT2D eigenvalue weighted by Gasteiger charge is -2.20. The van der Waals surface area contributed by atoms with Crippen LogP contribution in [0.15, 0.2) is 45.7 Å². The molecular weight excluding hydrogens is 244 g/mol. The summed E-state index contributed by atoms with van der Waals surface area (Å²) in [5.41, 5.74) is 1.27. The van der Waals surface area contributed by atoms with Gasteiger partial charge in [-0.05, 0) is 30.8 Å². The average Bonchev–Trinajstić information content (AvgIpc) is 2.81. The summed E-state index contributed by atoms with van der Waals surface area (Å²) in [4.78, 5) is 2.23. The minimum atomic E-state index is 0.168. The van der Waals surface area contributed by atoms with Gasteiger partial charge in [-0.15, -0.1) is 0 Å². The van der Waals surface area contributed by atoms with E-state index < -0.39 is 0 Å². The molecule has 0 saturated heterocycles. The first-order valence-corrected chi connectivity index (χ1v) is 7.02. The molecule has 0 bridgehead atoms. The van der Waals surface area contributed by atoms with Gasteiger partial charge in [0.15, 0.2) is 0 Å². The molecule has 1 aliphatic carbocycles. The molecule has 0 N–H and O–H groups in total. The molecule has 0 fully saturated rings. The van der Waals surface area contributed by atoms with Crippen molar-refractivity contribution in [3.63, 3.8) is 0 Å². The van der Waals surface area contributed by atoms with E-state index in [0.29, 0.717) is 0 Å². The maximum absolute atomic E-state index is 4.37. The molecule has 5 heteroatoms. The monoisotopic (exact) mass is 263 g/mol. The minimum absolute atomic E-state index is 0.168. The van der Waals surface area contributed by atoms with Crippen molar-refractivity contribution in [1.82, 2.24) is 4.90 Å². The molecule has 18 heavy (non-hydrogen) atoms. The Kier molecular flexibility index (Phi) is 4.25. The molecule has 1 aromatic rings. The highest BCUT2D eigenvalue weighted by Crippen LogP contribution is 2.18. The van der Waals surface area contributed by atoms with Crippen LogP contribution in [0.3, 0.4) is 0 Å². The average molecular weight is 263 g/mol. The van der Waals surface area contributed by atoms with Gasteiger partial charge in [-0.25, -0.2) is 4.57 Å². The summed E-state index contributed by atoms with van der Waals surface area (Å²) >= 11 is 1.60. The Morgan fingerprint density at radius 3 is 2.94 bits per heavy atom. The van der Waals surface area contributed by atoms with Gasteiger partial charge in [0.25, 0.3) is 0 Å². The fraction of sp³-hybridized carbons (Fsp3) is 0.462. The van der Waals surface area contributed by atoms with Crippen LogP contribution in [-0.4, -0.2) is 24.5 Å². The number of nitrogens with zero attached hydrogens (tertiary/aromatic N) is 4. The number of allylic oxidation sites excluding steroid dienone is 1. The smallest absolute Gasteiger partial charge is 0.375 e. The zero-order chi connectivity index (χ0) is 13.0. The number of likely N-dealkylation sites (N-methyl/N-ethyl adjacent to an activating group) is 1. The third-order valence-electron chi connectivity index (χ3n) is 3.02. The fourth-order valence-corrected chi connectivity index (χ4v) is 2.38. The zero-order valence-electron chi connectivity index (χ0n) is 11.1. The summed E-state index contributed by atoms with van der Waals surface area (Å²) in [5.74, 6) is 0. The summed E-state index contributed by atoms with van der Waals surface area (Å²) in [6.07, 6.45) is 9.39. The second-order valence-corrected chi connectivity index (χ2v) is 5.19. The molecule has 0 aliphatic heterocycles. The van der Waals surface area contributed by atoms with Crippen molar-refractivity contribution in [2.75, 3.05) is 13.6 Å². The van der Waals surface area contributed by atoms with E-state index in [9.17, 15) is 0 Å². The highest BCUT2D eigenvalue weighted by atomic mass is 32.1. The number of hydrogen-bond donors (Lipinski definition) is 0. The van der Waals surface area contributed by atoms with Gasteiger partial charge in [-0.1, -0.05) is 17.3 Å². The molecule has 0 saturated carbocycles. The molecule has 0 spiro atoms. The van der Waals surface area contributed by atoms with Gasteiger partial charge in [0, 0.05) is 24.7 Å². The van der Waals surface area contributed by atoms with Crippen molar-refractivity contribution >= 4 is 16.5 Å². The van der Waals surface area contributed by atoms with Crippen LogP contribution in [0, 0.1) is 0 Å². The first-order chi connectivity index (χ1) is 8.70. The standard InChI is InChI=1S/C13H19N4S/c1-4-16(2)12-7-5-11(6-8-12)14-15-13-17(3)9-10-18-13/h5,7-11H,4,6H2,1-3H3/q+1. The molecule has 0 amide bonds. The van der Waals surface area contributed by atoms with Gasteiger partial charge in [0.2, 0.25) is 0 Å². The Labute approximate surface area is 112 Å². The predicted molar refractivity (Wildman–Crippen MR) is 73.9 cm³/mol. The van der Waals surface area contributed by atoms with Crippen LogP contribution in [0.1, 0.15) is 13.3 Å². The molecular formula is C13H19N4S+. The van der Waals surface area contributed by atoms with Crippen LogP contribution in [0.5, 0.6) is 0 Å². The molecule has 4 nitrogen and oxygen atoms in total. The third kappa shape index (κ3) is 3.04. The van der Waals surface area contributed by atoms with Crippen LogP contribution in [0.4, 0.5) is 5.13 Å². The van der Waals surface area contributed by atoms with Crippen molar-refractivity contribution in [1.29, 1.82) is 0 Å². The normalized spacial score (nSPS) is 19.3. The molecule has 0 aromatic carbocycles. The molecule has 1 unspecified atom stereocenters. The molecule has 0 radical (unpaired) electrons. The maximum atomic E-state index is 4.37. The van der Waals surface area contributed by atoms with Gasteiger partial charge in [0.1, 0.15) is 12.2 Å². The van der Waals surface area contributed by atoms with E-state index in [1.165, 1.54) is 5.70 Å². The SMILES string of the molecule is CCN(C)C1=CCC(N=Nc2scc[n+]2C)C=C1. The first kappa shape index (κ1) is 13.0. The second kappa shape index (κ2) is 5.91. The van der Waals surface area contributed by atoms with Crippen molar-refractivity contribution in [2.24, 2.45) is 17.3 Å². The van der Waals surface area contributed by atoms with E-state index in [4.69, 9.17) is 0 Å². The molecule has 96 valence electrons. The second-order valence-electron chi connectivity index (χ2n) is 4.32. The number of hydrogen-bond acceptors (Lipinski definition) is 4. The van der Waals surface area contributed by atoms with E-state index >= 15 is 0 Å². The van der Waals surface area contributed by atoms with E-state index in [0.717, 1.165) is 18.1 Å². The summed E-state index contributed by atoms with van der Waals surface area (Å²) < 4.78 is 1.98. The lowest BCUT2D eigenvalue weighted by Crippen LogP contribution is -2.23. The number of thiazole rings is 1. The van der Waals surface area contributed by atoms with Crippen molar-refractivity contribution in [2.45, 2.75) is 19.4 Å². The quantitative estimate of drug-likeness (QED) is 0.607. The number of rotatable bonds is 4. The Hall–Kier alpha value is -1.49. The summed E-state index contributed by atoms with van der Waals surface area (Å²) in [6, 6.07) is 0.168. The Morgan fingerprint density at radius 2 is 2.39 bits per heavy atom. The summed E-state index contributed by atoms with van der Waals surface area (Å²) in [5, 5.41) is 11.6. The van der Waals surface area contributed by atoms with Gasteiger partial charge in [0.05, 0.1) is 12.2 Å². The molecule has 1 heterocycles. The molecule has 1 atom stereocenters. The molecule has 1 aliphatic rings. The highest BCUT2D eigenvalue weighted by Gasteiger charge is 2.13. The summed E-state index contributed by atoms with van der Waals surface area (Å²) in [6.45, 7) is 3.17. The van der Waals surface area contributed by atoms with Gasteiger partial charge in [-0.2, -0.15) is 0 Å². The largest absolute Gasteiger partial charge is 0.407 e. The highest BCUT2D eigenvalue weighted by molar-refractivity contribution is 7.12. The van der Waals surface area contributed by atoms with E-state index in [-0.39, 0.29) is 6.04 Å². The van der Waals surface area contributed by atoms with Crippen LogP contribution in [0.25, 0.3) is 0 Å². The Balaban J connectivity index is 1.96. The Morgan fingerprint density at radius 1 is 1.56 bits per heavy atom. The van der Waals surface area contributed by atoms with E-state index in [1.54, 1.807) is 11.3 Å². The van der Waals surface area contributed by atoms with Crippen LogP contribution in [-0.2, 0) is 7.05 Å². The maximum Gasteiger partial charge on any atom is 0.407 e. The first-order valence-electron chi connectivity index (χ1n) is 6.14. The number of aromatic nitrogens is 1. The number of azo groups is 1. The third-order valence-corrected chi connectivity index (χ3v) is 3.86. The topological polar surface area (TPSA) is 31.8 Å². The lowest BCUT2D eigenvalue weighted by atomic mass is 10.1. The van der Waals surface area contributed by atoms with Crippen molar-refractivity contribution in [3.05, 3.63) is 35.5 Å². The van der Waals surface area contributed by atoms with Gasteiger partial charge >= 0.3 is 5.13 Å². The summed E-state index contributed by atoms with van der Waals surface area (Å²) in [7, 11) is 4.08. The number of aryl methyl sites for hydroxylation is 1. The van der Waals surface area contributed by atoms with Gasteiger partial charge < -0.3 is 4.90 Å². The van der Waals surface area contributed by atoms with Crippen molar-refractivity contribution in [3.8, 4) is 0 Å². The molecule has 2 rings (SSSR count). The van der Waals surface area contributed by atoms with Crippen LogP contribution in [0.2, 0.25) is 0 Å². The van der Waals surface area contributed by atoms with E-state index in [1.807, 2.05) is 23.2 Å². The molecule has 1 aromatic heterocycles. The minimum Gasteiger partial charge on any atom is -0.375 e. The predicted octanol–water partition coefficient (Wildman–Crippen LogP) is 2.82.